The van der Waals surface area contributed by atoms with Crippen molar-refractivity contribution in [3.8, 4) is 0 Å². The summed E-state index contributed by atoms with van der Waals surface area (Å²) in [6.07, 6.45) is 4.09. The SMILES string of the molecule is CNCCCc1noc(C2CCCOC2)n1. The number of hydrogen-bond acceptors (Lipinski definition) is 5. The van der Waals surface area contributed by atoms with Crippen molar-refractivity contribution in [1.29, 1.82) is 0 Å². The highest BCUT2D eigenvalue weighted by Crippen LogP contribution is 2.23. The maximum absolute atomic E-state index is 5.41. The molecule has 1 N–H and O–H groups in total. The van der Waals surface area contributed by atoms with Gasteiger partial charge in [0, 0.05) is 13.0 Å². The molecule has 1 saturated heterocycles. The van der Waals surface area contributed by atoms with E-state index >= 15 is 0 Å². The van der Waals surface area contributed by atoms with Crippen LogP contribution in [0.2, 0.25) is 0 Å². The van der Waals surface area contributed by atoms with Gasteiger partial charge in [0.25, 0.3) is 0 Å². The standard InChI is InChI=1S/C11H19N3O2/c1-12-6-2-5-10-13-11(16-14-10)9-4-3-7-15-8-9/h9,12H,2-8H2,1H3. The molecule has 1 unspecified atom stereocenters. The third kappa shape index (κ3) is 3.02. The van der Waals surface area contributed by atoms with Crippen molar-refractivity contribution in [2.45, 2.75) is 31.6 Å². The second-order valence-electron chi connectivity index (χ2n) is 4.17. The van der Waals surface area contributed by atoms with Gasteiger partial charge in [-0.3, -0.25) is 0 Å². The predicted molar refractivity (Wildman–Crippen MR) is 59.3 cm³/mol. The van der Waals surface area contributed by atoms with E-state index in [2.05, 4.69) is 15.5 Å². The topological polar surface area (TPSA) is 60.2 Å². The molecule has 0 saturated carbocycles. The van der Waals surface area contributed by atoms with Crippen molar-refractivity contribution in [2.75, 3.05) is 26.8 Å². The van der Waals surface area contributed by atoms with Gasteiger partial charge in [0.15, 0.2) is 5.82 Å². The summed E-state index contributed by atoms with van der Waals surface area (Å²) in [7, 11) is 1.95. The molecule has 5 nitrogen and oxygen atoms in total. The van der Waals surface area contributed by atoms with E-state index in [0.717, 1.165) is 57.2 Å². The van der Waals surface area contributed by atoms with E-state index in [0.29, 0.717) is 5.92 Å². The van der Waals surface area contributed by atoms with Gasteiger partial charge in [-0.15, -0.1) is 0 Å². The Morgan fingerprint density at radius 2 is 2.44 bits per heavy atom. The number of aryl methyl sites for hydroxylation is 1. The summed E-state index contributed by atoms with van der Waals surface area (Å²) >= 11 is 0. The highest BCUT2D eigenvalue weighted by molar-refractivity contribution is 4.95. The average molecular weight is 225 g/mol. The van der Waals surface area contributed by atoms with Crippen LogP contribution >= 0.6 is 0 Å². The molecule has 0 bridgehead atoms. The van der Waals surface area contributed by atoms with Crippen molar-refractivity contribution >= 4 is 0 Å². The Balaban J connectivity index is 1.85. The molecule has 0 aliphatic carbocycles. The highest BCUT2D eigenvalue weighted by atomic mass is 16.5. The van der Waals surface area contributed by atoms with E-state index in [1.165, 1.54) is 0 Å². The van der Waals surface area contributed by atoms with Crippen molar-refractivity contribution in [1.82, 2.24) is 15.5 Å². The summed E-state index contributed by atoms with van der Waals surface area (Å²) in [5.41, 5.74) is 0. The van der Waals surface area contributed by atoms with E-state index in [-0.39, 0.29) is 0 Å². The number of nitrogens with zero attached hydrogens (tertiary/aromatic N) is 2. The Kier molecular flexibility index (Phi) is 4.30. The van der Waals surface area contributed by atoms with Gasteiger partial charge in [-0.2, -0.15) is 4.98 Å². The predicted octanol–water partition coefficient (Wildman–Crippen LogP) is 1.12. The van der Waals surface area contributed by atoms with Gasteiger partial charge in [-0.1, -0.05) is 5.16 Å². The normalized spacial score (nSPS) is 21.2. The van der Waals surface area contributed by atoms with Crippen LogP contribution in [0.4, 0.5) is 0 Å². The van der Waals surface area contributed by atoms with Crippen LogP contribution in [0.25, 0.3) is 0 Å². The summed E-state index contributed by atoms with van der Waals surface area (Å²) in [5, 5.41) is 7.10. The molecule has 0 amide bonds. The van der Waals surface area contributed by atoms with E-state index in [4.69, 9.17) is 9.26 Å². The van der Waals surface area contributed by atoms with Crippen molar-refractivity contribution in [3.05, 3.63) is 11.7 Å². The van der Waals surface area contributed by atoms with Crippen LogP contribution in [-0.4, -0.2) is 36.9 Å². The molecule has 1 aliphatic heterocycles. The monoisotopic (exact) mass is 225 g/mol. The Morgan fingerprint density at radius 3 is 3.19 bits per heavy atom. The molecule has 5 heteroatoms. The van der Waals surface area contributed by atoms with Gasteiger partial charge >= 0.3 is 0 Å². The molecule has 1 aromatic rings. The van der Waals surface area contributed by atoms with Gasteiger partial charge in [-0.05, 0) is 32.9 Å². The maximum Gasteiger partial charge on any atom is 0.232 e. The third-order valence-electron chi connectivity index (χ3n) is 2.82. The number of ether oxygens (including phenoxy) is 1. The highest BCUT2D eigenvalue weighted by Gasteiger charge is 2.21. The Labute approximate surface area is 95.6 Å². The minimum Gasteiger partial charge on any atom is -0.381 e. The fourth-order valence-electron chi connectivity index (χ4n) is 1.89. The van der Waals surface area contributed by atoms with Gasteiger partial charge in [0.2, 0.25) is 5.89 Å². The zero-order chi connectivity index (χ0) is 11.2. The molecule has 2 heterocycles. The fourth-order valence-corrected chi connectivity index (χ4v) is 1.89. The first-order chi connectivity index (χ1) is 7.90. The van der Waals surface area contributed by atoms with Crippen molar-refractivity contribution < 1.29 is 9.26 Å². The number of aromatic nitrogens is 2. The zero-order valence-corrected chi connectivity index (χ0v) is 9.74. The van der Waals surface area contributed by atoms with E-state index in [1.54, 1.807) is 0 Å². The van der Waals surface area contributed by atoms with E-state index < -0.39 is 0 Å². The minimum atomic E-state index is 0.305. The fraction of sp³-hybridized carbons (Fsp3) is 0.818. The zero-order valence-electron chi connectivity index (χ0n) is 9.74. The molecule has 90 valence electrons. The van der Waals surface area contributed by atoms with Gasteiger partial charge in [0.05, 0.1) is 12.5 Å². The van der Waals surface area contributed by atoms with Crippen LogP contribution in [0.5, 0.6) is 0 Å². The third-order valence-corrected chi connectivity index (χ3v) is 2.82. The Bertz CT molecular complexity index is 308. The van der Waals surface area contributed by atoms with Crippen molar-refractivity contribution in [3.63, 3.8) is 0 Å². The van der Waals surface area contributed by atoms with Crippen LogP contribution in [0.15, 0.2) is 4.52 Å². The lowest BCUT2D eigenvalue weighted by atomic mass is 10.0. The molecule has 2 rings (SSSR count). The number of rotatable bonds is 5. The van der Waals surface area contributed by atoms with E-state index in [1.807, 2.05) is 7.05 Å². The summed E-state index contributed by atoms with van der Waals surface area (Å²) in [6, 6.07) is 0. The molecule has 1 aromatic heterocycles. The summed E-state index contributed by atoms with van der Waals surface area (Å²) < 4.78 is 10.7. The van der Waals surface area contributed by atoms with Crippen LogP contribution in [0.1, 0.15) is 36.9 Å². The molecule has 16 heavy (non-hydrogen) atoms. The summed E-state index contributed by atoms with van der Waals surface area (Å²) in [4.78, 5) is 4.42. The van der Waals surface area contributed by atoms with Crippen LogP contribution < -0.4 is 5.32 Å². The van der Waals surface area contributed by atoms with Gasteiger partial charge in [-0.25, -0.2) is 0 Å². The molecule has 0 radical (unpaired) electrons. The number of hydrogen-bond donors (Lipinski definition) is 1. The first-order valence-electron chi connectivity index (χ1n) is 5.95. The van der Waals surface area contributed by atoms with Gasteiger partial charge < -0.3 is 14.6 Å². The molecular weight excluding hydrogens is 206 g/mol. The molecule has 1 aliphatic rings. The first-order valence-corrected chi connectivity index (χ1v) is 5.95. The number of nitrogens with one attached hydrogen (secondary N) is 1. The van der Waals surface area contributed by atoms with Crippen LogP contribution in [0.3, 0.4) is 0 Å². The lowest BCUT2D eigenvalue weighted by Gasteiger charge is -2.17. The van der Waals surface area contributed by atoms with Crippen LogP contribution in [-0.2, 0) is 11.2 Å². The maximum atomic E-state index is 5.41. The quantitative estimate of drug-likeness (QED) is 0.761. The molecule has 0 spiro atoms. The first kappa shape index (κ1) is 11.5. The summed E-state index contributed by atoms with van der Waals surface area (Å²) in [6.45, 7) is 2.56. The van der Waals surface area contributed by atoms with E-state index in [9.17, 15) is 0 Å². The average Bonchev–Trinajstić information content (AvgIpc) is 2.79. The molecule has 1 fully saturated rings. The second kappa shape index (κ2) is 5.96. The molecule has 0 aromatic carbocycles. The lowest BCUT2D eigenvalue weighted by molar-refractivity contribution is 0.0705. The minimum absolute atomic E-state index is 0.305. The molecule has 1 atom stereocenters. The van der Waals surface area contributed by atoms with Gasteiger partial charge in [0.1, 0.15) is 0 Å². The van der Waals surface area contributed by atoms with Crippen molar-refractivity contribution in [2.24, 2.45) is 0 Å². The largest absolute Gasteiger partial charge is 0.381 e. The van der Waals surface area contributed by atoms with Crippen LogP contribution in [0, 0.1) is 0 Å². The second-order valence-corrected chi connectivity index (χ2v) is 4.17. The Morgan fingerprint density at radius 1 is 1.50 bits per heavy atom. The lowest BCUT2D eigenvalue weighted by Crippen LogP contribution is -2.15. The Hall–Kier alpha value is -0.940. The smallest absolute Gasteiger partial charge is 0.232 e. The molecular formula is C11H19N3O2. The summed E-state index contributed by atoms with van der Waals surface area (Å²) in [5.74, 6) is 1.87.